The Morgan fingerprint density at radius 1 is 1.24 bits per heavy atom. The fourth-order valence-electron chi connectivity index (χ4n) is 2.18. The van der Waals surface area contributed by atoms with Crippen LogP contribution in [0.4, 0.5) is 5.82 Å². The molecular weight excluding hydrogens is 262 g/mol. The lowest BCUT2D eigenvalue weighted by Gasteiger charge is -2.26. The van der Waals surface area contributed by atoms with Crippen LogP contribution in [0.3, 0.4) is 0 Å². The number of carbonyl (C=O) groups excluding carboxylic acids is 1. The summed E-state index contributed by atoms with van der Waals surface area (Å²) < 4.78 is 0. The van der Waals surface area contributed by atoms with Crippen molar-refractivity contribution in [3.63, 3.8) is 0 Å². The summed E-state index contributed by atoms with van der Waals surface area (Å²) in [6.07, 6.45) is 4.40. The number of anilines is 1. The lowest BCUT2D eigenvalue weighted by Crippen LogP contribution is -2.38. The predicted octanol–water partition coefficient (Wildman–Crippen LogP) is 3.94. The maximum Gasteiger partial charge on any atom is 0.272 e. The van der Waals surface area contributed by atoms with Crippen LogP contribution in [0.1, 0.15) is 63.9 Å². The van der Waals surface area contributed by atoms with Crippen LogP contribution in [0.5, 0.6) is 0 Å². The fraction of sp³-hybridized carbons (Fsp3) is 0.647. The van der Waals surface area contributed by atoms with Gasteiger partial charge in [0, 0.05) is 19.1 Å². The first-order valence-electron chi connectivity index (χ1n) is 8.12. The molecule has 21 heavy (non-hydrogen) atoms. The molecule has 0 fully saturated rings. The lowest BCUT2D eigenvalue weighted by molar-refractivity contribution is 0.0696. The number of nitrogens with zero attached hydrogens (tertiary/aromatic N) is 2. The molecule has 1 heterocycles. The minimum Gasteiger partial charge on any atom is -0.370 e. The van der Waals surface area contributed by atoms with Crippen LogP contribution in [-0.4, -0.2) is 34.9 Å². The van der Waals surface area contributed by atoms with Crippen molar-refractivity contribution in [2.24, 2.45) is 0 Å². The van der Waals surface area contributed by atoms with Gasteiger partial charge in [0.1, 0.15) is 11.5 Å². The molecule has 0 aliphatic heterocycles. The van der Waals surface area contributed by atoms with Crippen molar-refractivity contribution in [1.29, 1.82) is 0 Å². The van der Waals surface area contributed by atoms with E-state index in [0.717, 1.165) is 44.6 Å². The minimum atomic E-state index is 0.0289. The molecule has 1 aromatic rings. The molecule has 0 atom stereocenters. The van der Waals surface area contributed by atoms with Gasteiger partial charge in [0.05, 0.1) is 0 Å². The third kappa shape index (κ3) is 5.74. The Morgan fingerprint density at radius 3 is 2.62 bits per heavy atom. The lowest BCUT2D eigenvalue weighted by atomic mass is 10.2. The van der Waals surface area contributed by atoms with E-state index >= 15 is 0 Å². The van der Waals surface area contributed by atoms with E-state index in [0.29, 0.717) is 5.69 Å². The molecule has 1 amide bonds. The number of pyridine rings is 1. The van der Waals surface area contributed by atoms with Crippen LogP contribution in [-0.2, 0) is 0 Å². The summed E-state index contributed by atoms with van der Waals surface area (Å²) in [5.74, 6) is 0.807. The smallest absolute Gasteiger partial charge is 0.272 e. The van der Waals surface area contributed by atoms with Crippen LogP contribution in [0.2, 0.25) is 0 Å². The van der Waals surface area contributed by atoms with Crippen LogP contribution in [0, 0.1) is 0 Å². The number of hydrogen-bond donors (Lipinski definition) is 1. The average Bonchev–Trinajstić information content (AvgIpc) is 2.49. The number of rotatable bonds is 9. The first-order chi connectivity index (χ1) is 10.1. The van der Waals surface area contributed by atoms with Crippen molar-refractivity contribution in [3.05, 3.63) is 23.9 Å². The van der Waals surface area contributed by atoms with Crippen molar-refractivity contribution < 1.29 is 4.79 Å². The summed E-state index contributed by atoms with van der Waals surface area (Å²) in [5, 5.41) is 3.23. The molecule has 0 aliphatic rings. The molecule has 0 saturated heterocycles. The zero-order chi connectivity index (χ0) is 15.7. The molecule has 4 nitrogen and oxygen atoms in total. The predicted molar refractivity (Wildman–Crippen MR) is 88.7 cm³/mol. The Balaban J connectivity index is 2.77. The molecule has 1 N–H and O–H groups in total. The van der Waals surface area contributed by atoms with Gasteiger partial charge >= 0.3 is 0 Å². The van der Waals surface area contributed by atoms with Crippen LogP contribution in [0.15, 0.2) is 18.2 Å². The van der Waals surface area contributed by atoms with Gasteiger partial charge in [-0.2, -0.15) is 0 Å². The summed E-state index contributed by atoms with van der Waals surface area (Å²) in [4.78, 5) is 19.0. The zero-order valence-electron chi connectivity index (χ0n) is 13.9. The van der Waals surface area contributed by atoms with Gasteiger partial charge in [-0.05, 0) is 38.8 Å². The molecule has 0 aliphatic carbocycles. The summed E-state index contributed by atoms with van der Waals surface area (Å²) in [7, 11) is 0. The second kappa shape index (κ2) is 9.37. The Kier molecular flexibility index (Phi) is 7.80. The quantitative estimate of drug-likeness (QED) is 0.701. The number of hydrogen-bond acceptors (Lipinski definition) is 3. The van der Waals surface area contributed by atoms with Gasteiger partial charge in [0.2, 0.25) is 0 Å². The molecule has 0 spiro atoms. The summed E-state index contributed by atoms with van der Waals surface area (Å²) >= 11 is 0. The van der Waals surface area contributed by atoms with Crippen LogP contribution in [0.25, 0.3) is 0 Å². The Hall–Kier alpha value is -1.58. The monoisotopic (exact) mass is 291 g/mol. The van der Waals surface area contributed by atoms with Crippen molar-refractivity contribution in [1.82, 2.24) is 9.88 Å². The molecule has 0 unspecified atom stereocenters. The van der Waals surface area contributed by atoms with E-state index in [1.54, 1.807) is 6.07 Å². The summed E-state index contributed by atoms with van der Waals surface area (Å²) in [5.41, 5.74) is 0.529. The van der Waals surface area contributed by atoms with Gasteiger partial charge in [-0.25, -0.2) is 4.98 Å². The SMILES string of the molecule is CCCCCN(C(=O)c1cccc(NCCC)n1)C(C)C. The molecule has 1 rings (SSSR count). The second-order valence-electron chi connectivity index (χ2n) is 5.63. The molecule has 0 bridgehead atoms. The Labute approximate surface area is 129 Å². The van der Waals surface area contributed by atoms with Gasteiger partial charge in [0.25, 0.3) is 5.91 Å². The number of nitrogens with one attached hydrogen (secondary N) is 1. The highest BCUT2D eigenvalue weighted by Gasteiger charge is 2.19. The normalized spacial score (nSPS) is 10.7. The van der Waals surface area contributed by atoms with E-state index in [2.05, 4.69) is 38.0 Å². The fourth-order valence-corrected chi connectivity index (χ4v) is 2.18. The molecule has 0 saturated carbocycles. The van der Waals surface area contributed by atoms with Crippen molar-refractivity contribution >= 4 is 11.7 Å². The van der Waals surface area contributed by atoms with Crippen molar-refractivity contribution in [3.8, 4) is 0 Å². The van der Waals surface area contributed by atoms with E-state index < -0.39 is 0 Å². The van der Waals surface area contributed by atoms with Gasteiger partial charge in [0.15, 0.2) is 0 Å². The van der Waals surface area contributed by atoms with Gasteiger partial charge in [-0.15, -0.1) is 0 Å². The highest BCUT2D eigenvalue weighted by Crippen LogP contribution is 2.11. The highest BCUT2D eigenvalue weighted by molar-refractivity contribution is 5.92. The summed E-state index contributed by atoms with van der Waals surface area (Å²) in [6.45, 7) is 10.1. The maximum atomic E-state index is 12.6. The number of amides is 1. The number of aromatic nitrogens is 1. The van der Waals surface area contributed by atoms with E-state index in [-0.39, 0.29) is 11.9 Å². The summed E-state index contributed by atoms with van der Waals surface area (Å²) in [6, 6.07) is 5.80. The number of carbonyl (C=O) groups is 1. The van der Waals surface area contributed by atoms with E-state index in [9.17, 15) is 4.79 Å². The average molecular weight is 291 g/mol. The zero-order valence-corrected chi connectivity index (χ0v) is 13.9. The first-order valence-corrected chi connectivity index (χ1v) is 8.12. The highest BCUT2D eigenvalue weighted by atomic mass is 16.2. The van der Waals surface area contributed by atoms with Crippen molar-refractivity contribution in [2.45, 2.75) is 59.4 Å². The van der Waals surface area contributed by atoms with E-state index in [4.69, 9.17) is 0 Å². The van der Waals surface area contributed by atoms with Crippen LogP contribution >= 0.6 is 0 Å². The first kappa shape index (κ1) is 17.5. The van der Waals surface area contributed by atoms with Crippen LogP contribution < -0.4 is 5.32 Å². The van der Waals surface area contributed by atoms with E-state index in [1.807, 2.05) is 17.0 Å². The third-order valence-corrected chi connectivity index (χ3v) is 3.41. The second-order valence-corrected chi connectivity index (χ2v) is 5.63. The van der Waals surface area contributed by atoms with Gasteiger partial charge in [-0.1, -0.05) is 32.8 Å². The van der Waals surface area contributed by atoms with E-state index in [1.165, 1.54) is 0 Å². The molecular formula is C17H29N3O. The molecule has 1 aromatic heterocycles. The largest absolute Gasteiger partial charge is 0.370 e. The Bertz CT molecular complexity index is 432. The third-order valence-electron chi connectivity index (χ3n) is 3.41. The Morgan fingerprint density at radius 2 is 2.00 bits per heavy atom. The molecule has 118 valence electrons. The minimum absolute atomic E-state index is 0.0289. The molecule has 0 aromatic carbocycles. The van der Waals surface area contributed by atoms with Gasteiger partial charge in [-0.3, -0.25) is 4.79 Å². The molecule has 4 heteroatoms. The number of unbranched alkanes of at least 4 members (excludes halogenated alkanes) is 2. The standard InChI is InChI=1S/C17H29N3O/c1-5-7-8-13-20(14(3)4)17(21)15-10-9-11-16(19-15)18-12-6-2/h9-11,14H,5-8,12-13H2,1-4H3,(H,18,19). The van der Waals surface area contributed by atoms with Gasteiger partial charge < -0.3 is 10.2 Å². The topological polar surface area (TPSA) is 45.2 Å². The molecule has 0 radical (unpaired) electrons. The maximum absolute atomic E-state index is 12.6. The van der Waals surface area contributed by atoms with Crippen molar-refractivity contribution in [2.75, 3.05) is 18.4 Å².